The molecule has 2 nitrogen and oxygen atoms in total. The molecule has 0 atom stereocenters. The van der Waals surface area contributed by atoms with E-state index in [1.807, 2.05) is 0 Å². The summed E-state index contributed by atoms with van der Waals surface area (Å²) in [6.45, 7) is 11.5. The minimum absolute atomic E-state index is 0.931. The van der Waals surface area contributed by atoms with Crippen molar-refractivity contribution in [2.24, 2.45) is 0 Å². The Morgan fingerprint density at radius 3 is 1.22 bits per heavy atom. The SMILES string of the molecule is CCCCCCCCCCCC=CC1=C(c2cc(CCCC)cc(CCCC)c2)[N+](=[N-])C(c2cc(CCCCCCCC)cc(CCCCCCCC)c2)=C1. The lowest BCUT2D eigenvalue weighted by Crippen LogP contribution is -2.05. The van der Waals surface area contributed by atoms with Crippen LogP contribution >= 0.6 is 0 Å². The predicted octanol–water partition coefficient (Wildman–Crippen LogP) is 17.5. The van der Waals surface area contributed by atoms with E-state index in [1.54, 1.807) is 4.70 Å². The fourth-order valence-corrected chi connectivity index (χ4v) is 8.29. The van der Waals surface area contributed by atoms with Gasteiger partial charge in [0.15, 0.2) is 0 Å². The Bertz CT molecular complexity index is 1380. The average Bonchev–Trinajstić information content (AvgIpc) is 3.53. The van der Waals surface area contributed by atoms with Gasteiger partial charge in [0.1, 0.15) is 0 Å². The molecular weight excluding hydrogens is 665 g/mol. The molecule has 0 unspecified atom stereocenters. The highest BCUT2D eigenvalue weighted by Gasteiger charge is 2.29. The Morgan fingerprint density at radius 2 is 0.782 bits per heavy atom. The lowest BCUT2D eigenvalue weighted by atomic mass is 9.96. The molecular formula is C53H84N2. The Hall–Kier alpha value is -2.74. The molecule has 0 aromatic heterocycles. The molecule has 0 spiro atoms. The molecule has 0 aliphatic carbocycles. The molecule has 0 saturated heterocycles. The highest BCUT2D eigenvalue weighted by atomic mass is 15.2. The molecule has 2 heteroatoms. The molecule has 3 rings (SSSR count). The highest BCUT2D eigenvalue weighted by Crippen LogP contribution is 2.38. The highest BCUT2D eigenvalue weighted by molar-refractivity contribution is 5.81. The minimum atomic E-state index is 0.931. The monoisotopic (exact) mass is 749 g/mol. The van der Waals surface area contributed by atoms with Crippen molar-refractivity contribution < 1.29 is 4.70 Å². The fourth-order valence-electron chi connectivity index (χ4n) is 8.29. The maximum absolute atomic E-state index is 12.3. The maximum Gasteiger partial charge on any atom is 0.214 e. The number of nitrogens with zero attached hydrogens (tertiary/aromatic N) is 2. The summed E-state index contributed by atoms with van der Waals surface area (Å²) in [4.78, 5) is 0. The van der Waals surface area contributed by atoms with Gasteiger partial charge in [-0.2, -0.15) is 0 Å². The molecule has 0 amide bonds. The maximum atomic E-state index is 12.3. The smallest absolute Gasteiger partial charge is 0.214 e. The standard InChI is InChI=1S/C53H84N2/c1-6-11-16-19-22-23-24-25-26-29-32-37-49-44-52(55(54)53(49)51-42-45(33-14-9-4)38-46(43-51)34-15-10-5)50-40-47(35-30-27-20-17-12-7-2)39-48(41-50)36-31-28-21-18-13-8-3/h32,37-44H,6-31,33-36H2,1-5H3. The van der Waals surface area contributed by atoms with Crippen LogP contribution in [0.4, 0.5) is 0 Å². The molecule has 1 aliphatic heterocycles. The van der Waals surface area contributed by atoms with E-state index in [9.17, 15) is 5.53 Å². The van der Waals surface area contributed by atoms with Crippen LogP contribution in [-0.4, -0.2) is 4.70 Å². The first-order valence-electron chi connectivity index (χ1n) is 23.9. The number of aryl methyl sites for hydroxylation is 4. The Balaban J connectivity index is 1.90. The lowest BCUT2D eigenvalue weighted by molar-refractivity contribution is -0.344. The van der Waals surface area contributed by atoms with Gasteiger partial charge in [-0.25, -0.2) is 4.70 Å². The van der Waals surface area contributed by atoms with E-state index < -0.39 is 0 Å². The molecule has 2 aromatic rings. The van der Waals surface area contributed by atoms with Crippen LogP contribution < -0.4 is 0 Å². The van der Waals surface area contributed by atoms with Gasteiger partial charge in [-0.3, -0.25) is 0 Å². The lowest BCUT2D eigenvalue weighted by Gasteiger charge is -2.14. The summed E-state index contributed by atoms with van der Waals surface area (Å²) in [5, 5.41) is 0. The largest absolute Gasteiger partial charge is 0.493 e. The second-order valence-corrected chi connectivity index (χ2v) is 17.0. The fraction of sp³-hybridized carbons (Fsp3) is 0.660. The van der Waals surface area contributed by atoms with Gasteiger partial charge in [0.05, 0.1) is 5.57 Å². The Labute approximate surface area is 341 Å². The van der Waals surface area contributed by atoms with Gasteiger partial charge in [-0.05, 0) is 111 Å². The van der Waals surface area contributed by atoms with Crippen LogP contribution in [0.5, 0.6) is 0 Å². The van der Waals surface area contributed by atoms with Gasteiger partial charge in [0.2, 0.25) is 11.4 Å². The third-order valence-corrected chi connectivity index (χ3v) is 11.7. The molecule has 0 saturated carbocycles. The first kappa shape index (κ1) is 46.6. The van der Waals surface area contributed by atoms with Crippen LogP contribution in [-0.2, 0) is 25.7 Å². The predicted molar refractivity (Wildman–Crippen MR) is 244 cm³/mol. The van der Waals surface area contributed by atoms with E-state index in [0.29, 0.717) is 0 Å². The zero-order chi connectivity index (χ0) is 39.4. The summed E-state index contributed by atoms with van der Waals surface area (Å²) in [7, 11) is 0. The van der Waals surface area contributed by atoms with Crippen molar-refractivity contribution in [1.29, 1.82) is 0 Å². The molecule has 0 radical (unpaired) electrons. The summed E-state index contributed by atoms with van der Waals surface area (Å²) in [5.74, 6) is 0. The van der Waals surface area contributed by atoms with Crippen LogP contribution in [0.1, 0.15) is 235 Å². The first-order valence-corrected chi connectivity index (χ1v) is 23.9. The average molecular weight is 749 g/mol. The van der Waals surface area contributed by atoms with Crippen LogP contribution in [0.3, 0.4) is 0 Å². The number of hydrogen-bond donors (Lipinski definition) is 0. The second-order valence-electron chi connectivity index (χ2n) is 17.0. The summed E-state index contributed by atoms with van der Waals surface area (Å²) in [5.41, 5.74) is 23.3. The molecule has 306 valence electrons. The van der Waals surface area contributed by atoms with E-state index in [4.69, 9.17) is 0 Å². The van der Waals surface area contributed by atoms with Crippen LogP contribution in [0.15, 0.2) is 60.2 Å². The van der Waals surface area contributed by atoms with Gasteiger partial charge in [-0.1, -0.05) is 187 Å². The third-order valence-electron chi connectivity index (χ3n) is 11.7. The molecule has 0 fully saturated rings. The molecule has 1 heterocycles. The minimum Gasteiger partial charge on any atom is -0.493 e. The van der Waals surface area contributed by atoms with E-state index >= 15 is 0 Å². The number of unbranched alkanes of at least 4 members (excludes halogenated alkanes) is 21. The Kier molecular flexibility index (Phi) is 25.0. The first-order chi connectivity index (χ1) is 27.0. The van der Waals surface area contributed by atoms with Gasteiger partial charge in [0, 0.05) is 17.2 Å². The molecule has 0 N–H and O–H groups in total. The summed E-state index contributed by atoms with van der Waals surface area (Å²) in [6.07, 6.45) is 45.2. The van der Waals surface area contributed by atoms with Gasteiger partial charge in [-0.15, -0.1) is 0 Å². The zero-order valence-electron chi connectivity index (χ0n) is 36.8. The number of hydrogen-bond acceptors (Lipinski definition) is 0. The van der Waals surface area contributed by atoms with Gasteiger partial charge in [0.25, 0.3) is 0 Å². The van der Waals surface area contributed by atoms with E-state index in [-0.39, 0.29) is 0 Å². The number of rotatable bonds is 33. The van der Waals surface area contributed by atoms with Crippen molar-refractivity contribution in [3.63, 3.8) is 0 Å². The summed E-state index contributed by atoms with van der Waals surface area (Å²) >= 11 is 0. The quantitative estimate of drug-likeness (QED) is 0.0513. The molecule has 0 bridgehead atoms. The summed E-state index contributed by atoms with van der Waals surface area (Å²) < 4.78 is 1.55. The number of allylic oxidation sites excluding steroid dienone is 4. The number of benzene rings is 2. The van der Waals surface area contributed by atoms with Crippen molar-refractivity contribution >= 4 is 11.4 Å². The molecule has 2 aromatic carbocycles. The van der Waals surface area contributed by atoms with Crippen molar-refractivity contribution in [2.45, 2.75) is 227 Å². The van der Waals surface area contributed by atoms with Crippen molar-refractivity contribution in [1.82, 2.24) is 0 Å². The summed E-state index contributed by atoms with van der Waals surface area (Å²) in [6, 6.07) is 14.4. The molecule has 1 aliphatic rings. The van der Waals surface area contributed by atoms with Crippen molar-refractivity contribution in [3.05, 3.63) is 99.1 Å². The van der Waals surface area contributed by atoms with E-state index in [2.05, 4.69) is 89.2 Å². The van der Waals surface area contributed by atoms with Gasteiger partial charge < -0.3 is 5.53 Å². The van der Waals surface area contributed by atoms with Gasteiger partial charge >= 0.3 is 0 Å². The second kappa shape index (κ2) is 29.5. The zero-order valence-corrected chi connectivity index (χ0v) is 36.8. The normalized spacial score (nSPS) is 13.2. The molecule has 55 heavy (non-hydrogen) atoms. The third kappa shape index (κ3) is 18.4. The van der Waals surface area contributed by atoms with Crippen molar-refractivity contribution in [2.75, 3.05) is 0 Å². The van der Waals surface area contributed by atoms with E-state index in [0.717, 1.165) is 54.6 Å². The van der Waals surface area contributed by atoms with Crippen LogP contribution in [0.2, 0.25) is 0 Å². The van der Waals surface area contributed by atoms with Crippen LogP contribution in [0.25, 0.3) is 16.9 Å². The topological polar surface area (TPSA) is 25.3 Å². The van der Waals surface area contributed by atoms with Crippen LogP contribution in [0, 0.1) is 0 Å². The van der Waals surface area contributed by atoms with E-state index in [1.165, 1.54) is 188 Å². The van der Waals surface area contributed by atoms with Crippen molar-refractivity contribution in [3.8, 4) is 0 Å². The Morgan fingerprint density at radius 1 is 0.418 bits per heavy atom.